The molecule has 0 aliphatic heterocycles. The lowest BCUT2D eigenvalue weighted by Crippen LogP contribution is -2.21. The van der Waals surface area contributed by atoms with Crippen LogP contribution in [-0.2, 0) is 10.2 Å². The molecule has 0 aliphatic rings. The molecule has 0 radical (unpaired) electrons. The average Bonchev–Trinajstić information content (AvgIpc) is 3.21. The number of carbonyl (C=O) groups is 1. The minimum atomic E-state index is -3.94. The van der Waals surface area contributed by atoms with Gasteiger partial charge in [0.2, 0.25) is 5.78 Å². The second-order valence-corrected chi connectivity index (χ2v) is 7.96. The van der Waals surface area contributed by atoms with Gasteiger partial charge in [-0.1, -0.05) is 13.0 Å². The van der Waals surface area contributed by atoms with E-state index in [1.807, 2.05) is 6.92 Å². The van der Waals surface area contributed by atoms with Gasteiger partial charge in [0.05, 0.1) is 30.1 Å². The van der Waals surface area contributed by atoms with Crippen molar-refractivity contribution >= 4 is 21.7 Å². The number of ether oxygens (including phenoxy) is 1. The third-order valence-electron chi connectivity index (χ3n) is 4.67. The van der Waals surface area contributed by atoms with Crippen molar-refractivity contribution in [2.45, 2.75) is 12.8 Å². The molecule has 154 valence electrons. The number of rotatable bonds is 7. The van der Waals surface area contributed by atoms with Crippen LogP contribution in [0.15, 0.2) is 54.6 Å². The molecule has 3 aromatic rings. The van der Waals surface area contributed by atoms with Crippen LogP contribution < -0.4 is 14.6 Å². The summed E-state index contributed by atoms with van der Waals surface area (Å²) >= 11 is 0. The van der Waals surface area contributed by atoms with Crippen LogP contribution in [0.3, 0.4) is 0 Å². The number of carbonyl (C=O) groups excluding carboxylic acids is 1. The molecule has 1 unspecified atom stereocenters. The van der Waals surface area contributed by atoms with E-state index >= 15 is 0 Å². The van der Waals surface area contributed by atoms with Crippen molar-refractivity contribution in [2.24, 2.45) is 5.14 Å². The Hall–Kier alpha value is -3.61. The van der Waals surface area contributed by atoms with Crippen LogP contribution >= 0.6 is 0 Å². The van der Waals surface area contributed by atoms with Crippen LogP contribution in [0.1, 0.15) is 45.7 Å². The SMILES string of the molecule is COc1ccc(C(=O)c2ccc(C(C)c3ccc(NS(N)(=O)=O)cc3C#N)[nH]2)cc1. The molecule has 1 atom stereocenters. The van der Waals surface area contributed by atoms with E-state index in [0.717, 1.165) is 5.69 Å². The number of aromatic nitrogens is 1. The van der Waals surface area contributed by atoms with Crippen LogP contribution in [-0.4, -0.2) is 26.3 Å². The third kappa shape index (κ3) is 4.68. The predicted molar refractivity (Wildman–Crippen MR) is 113 cm³/mol. The van der Waals surface area contributed by atoms with Gasteiger partial charge in [0, 0.05) is 17.2 Å². The summed E-state index contributed by atoms with van der Waals surface area (Å²) in [7, 11) is -2.38. The molecule has 0 amide bonds. The molecule has 3 rings (SSSR count). The lowest BCUT2D eigenvalue weighted by molar-refractivity contribution is 0.103. The number of anilines is 1. The first-order chi connectivity index (χ1) is 14.2. The normalized spacial score (nSPS) is 12.1. The number of aromatic amines is 1. The molecule has 4 N–H and O–H groups in total. The molecule has 0 saturated heterocycles. The van der Waals surface area contributed by atoms with Crippen LogP contribution in [0, 0.1) is 11.3 Å². The Kier molecular flexibility index (Phi) is 5.91. The first kappa shape index (κ1) is 21.1. The summed E-state index contributed by atoms with van der Waals surface area (Å²) in [5, 5.41) is 14.5. The lowest BCUT2D eigenvalue weighted by Gasteiger charge is -2.14. The van der Waals surface area contributed by atoms with Crippen LogP contribution in [0.25, 0.3) is 0 Å². The fourth-order valence-corrected chi connectivity index (χ4v) is 3.58. The fraction of sp³-hybridized carbons (Fsp3) is 0.143. The molecule has 8 nitrogen and oxygen atoms in total. The van der Waals surface area contributed by atoms with E-state index in [1.165, 1.54) is 12.1 Å². The highest BCUT2D eigenvalue weighted by Crippen LogP contribution is 2.29. The largest absolute Gasteiger partial charge is 0.497 e. The monoisotopic (exact) mass is 424 g/mol. The Balaban J connectivity index is 1.86. The van der Waals surface area contributed by atoms with Crippen LogP contribution in [0.5, 0.6) is 5.75 Å². The van der Waals surface area contributed by atoms with E-state index in [1.54, 1.807) is 49.6 Å². The van der Waals surface area contributed by atoms with Gasteiger partial charge in [-0.05, 0) is 54.1 Å². The maximum Gasteiger partial charge on any atom is 0.296 e. The van der Waals surface area contributed by atoms with Crippen LogP contribution in [0.4, 0.5) is 5.69 Å². The summed E-state index contributed by atoms with van der Waals surface area (Å²) in [5.74, 6) is 0.265. The highest BCUT2D eigenvalue weighted by Gasteiger charge is 2.18. The summed E-state index contributed by atoms with van der Waals surface area (Å²) in [6.45, 7) is 1.89. The van der Waals surface area contributed by atoms with Crippen molar-refractivity contribution < 1.29 is 17.9 Å². The highest BCUT2D eigenvalue weighted by atomic mass is 32.2. The Morgan fingerprint density at radius 3 is 2.47 bits per heavy atom. The molecular weight excluding hydrogens is 404 g/mol. The smallest absolute Gasteiger partial charge is 0.296 e. The second-order valence-electron chi connectivity index (χ2n) is 6.67. The van der Waals surface area contributed by atoms with Gasteiger partial charge in [0.15, 0.2) is 0 Å². The van der Waals surface area contributed by atoms with Gasteiger partial charge in [0.1, 0.15) is 5.75 Å². The van der Waals surface area contributed by atoms with E-state index in [4.69, 9.17) is 9.88 Å². The molecule has 9 heteroatoms. The molecule has 0 aliphatic carbocycles. The number of hydrogen-bond acceptors (Lipinski definition) is 5. The number of nitrogens with one attached hydrogen (secondary N) is 2. The zero-order valence-corrected chi connectivity index (χ0v) is 17.2. The van der Waals surface area contributed by atoms with Gasteiger partial charge in [0.25, 0.3) is 10.2 Å². The first-order valence-corrected chi connectivity index (χ1v) is 10.5. The topological polar surface area (TPSA) is 138 Å². The Morgan fingerprint density at radius 1 is 1.17 bits per heavy atom. The quantitative estimate of drug-likeness (QED) is 0.501. The second kappa shape index (κ2) is 8.41. The molecule has 30 heavy (non-hydrogen) atoms. The van der Waals surface area contributed by atoms with E-state index in [-0.39, 0.29) is 17.4 Å². The van der Waals surface area contributed by atoms with Gasteiger partial charge < -0.3 is 9.72 Å². The number of benzene rings is 2. The number of nitrogens with two attached hydrogens (primary N) is 1. The van der Waals surface area contributed by atoms with Gasteiger partial charge in [-0.15, -0.1) is 0 Å². The number of nitrogens with zero attached hydrogens (tertiary/aromatic N) is 1. The Morgan fingerprint density at radius 2 is 1.87 bits per heavy atom. The number of ketones is 1. The van der Waals surface area contributed by atoms with Crippen molar-refractivity contribution in [3.63, 3.8) is 0 Å². The standard InChI is InChI=1S/C21H20N4O4S/c1-13(18-8-5-16(11-15(18)12-22)25-30(23,27)28)19-9-10-20(24-19)21(26)14-3-6-17(29-2)7-4-14/h3-11,13,24-25H,1-2H3,(H2,23,27,28). The summed E-state index contributed by atoms with van der Waals surface area (Å²) in [5.41, 5.74) is 2.87. The minimum Gasteiger partial charge on any atom is -0.497 e. The maximum absolute atomic E-state index is 12.7. The van der Waals surface area contributed by atoms with Crippen molar-refractivity contribution in [3.8, 4) is 11.8 Å². The van der Waals surface area contributed by atoms with Crippen molar-refractivity contribution in [1.29, 1.82) is 5.26 Å². The summed E-state index contributed by atoms with van der Waals surface area (Å²) in [6.07, 6.45) is 0. The Labute approximate surface area is 174 Å². The summed E-state index contributed by atoms with van der Waals surface area (Å²) < 4.78 is 29.7. The van der Waals surface area contributed by atoms with Crippen LogP contribution in [0.2, 0.25) is 0 Å². The zero-order chi connectivity index (χ0) is 21.9. The van der Waals surface area contributed by atoms with E-state index in [9.17, 15) is 18.5 Å². The predicted octanol–water partition coefficient (Wildman–Crippen LogP) is 2.89. The molecule has 1 aromatic heterocycles. The van der Waals surface area contributed by atoms with Gasteiger partial charge >= 0.3 is 0 Å². The highest BCUT2D eigenvalue weighted by molar-refractivity contribution is 7.90. The van der Waals surface area contributed by atoms with E-state index in [0.29, 0.717) is 28.1 Å². The van der Waals surface area contributed by atoms with E-state index < -0.39 is 10.2 Å². The zero-order valence-electron chi connectivity index (χ0n) is 16.3. The number of methoxy groups -OCH3 is 1. The number of H-pyrrole nitrogens is 1. The number of nitriles is 1. The van der Waals surface area contributed by atoms with Gasteiger partial charge in [-0.25, -0.2) is 5.14 Å². The average molecular weight is 424 g/mol. The van der Waals surface area contributed by atoms with Crippen molar-refractivity contribution in [3.05, 3.63) is 82.7 Å². The number of hydrogen-bond donors (Lipinski definition) is 3. The maximum atomic E-state index is 12.7. The molecule has 0 saturated carbocycles. The third-order valence-corrected chi connectivity index (χ3v) is 5.19. The first-order valence-electron chi connectivity index (χ1n) is 8.94. The van der Waals surface area contributed by atoms with Gasteiger partial charge in [-0.2, -0.15) is 13.7 Å². The summed E-state index contributed by atoms with van der Waals surface area (Å²) in [6, 6.07) is 17.0. The Bertz CT molecular complexity index is 1220. The molecule has 0 fully saturated rings. The van der Waals surface area contributed by atoms with Gasteiger partial charge in [-0.3, -0.25) is 9.52 Å². The molecule has 2 aromatic carbocycles. The minimum absolute atomic E-state index is 0.163. The molecular formula is C21H20N4O4S. The molecule has 0 spiro atoms. The molecule has 0 bridgehead atoms. The lowest BCUT2D eigenvalue weighted by atomic mass is 9.93. The van der Waals surface area contributed by atoms with Crippen molar-refractivity contribution in [1.82, 2.24) is 4.98 Å². The fourth-order valence-electron chi connectivity index (χ4n) is 3.12. The van der Waals surface area contributed by atoms with Crippen molar-refractivity contribution in [2.75, 3.05) is 11.8 Å². The van der Waals surface area contributed by atoms with E-state index in [2.05, 4.69) is 15.8 Å². The summed E-state index contributed by atoms with van der Waals surface area (Å²) in [4.78, 5) is 15.8. The molecule has 1 heterocycles.